The maximum Gasteiger partial charge on any atom is 0.163 e. The van der Waals surface area contributed by atoms with Gasteiger partial charge in [-0.2, -0.15) is 0 Å². The summed E-state index contributed by atoms with van der Waals surface area (Å²) in [6, 6.07) is 9.18. The molecule has 0 bridgehead atoms. The number of carbonyl (C=O) groups is 1. The number of hydrogen-bond donors (Lipinski definition) is 0. The molecule has 0 radical (unpaired) electrons. The Morgan fingerprint density at radius 3 is 2.16 bits per heavy atom. The Balaban J connectivity index is 1.56. The molecule has 0 saturated heterocycles. The van der Waals surface area contributed by atoms with Crippen LogP contribution in [-0.4, -0.2) is 10.8 Å². The number of allylic oxidation sites excluding steroid dienone is 4. The van der Waals surface area contributed by atoms with Gasteiger partial charge in [0.2, 0.25) is 0 Å². The van der Waals surface area contributed by atoms with Crippen molar-refractivity contribution in [3.8, 4) is 0 Å². The van der Waals surface area contributed by atoms with E-state index >= 15 is 0 Å². The van der Waals surface area contributed by atoms with E-state index in [2.05, 4.69) is 77.1 Å². The molecule has 3 aliphatic rings. The number of ketones is 1. The van der Waals surface area contributed by atoms with Crippen molar-refractivity contribution in [1.82, 2.24) is 4.98 Å². The van der Waals surface area contributed by atoms with Crippen LogP contribution in [0.25, 0.3) is 5.57 Å². The summed E-state index contributed by atoms with van der Waals surface area (Å²) in [5.74, 6) is 0.255. The number of pyridine rings is 1. The molecule has 2 aromatic rings. The van der Waals surface area contributed by atoms with E-state index in [1.165, 1.54) is 22.3 Å². The number of benzene rings is 1. The van der Waals surface area contributed by atoms with Crippen LogP contribution in [0.3, 0.4) is 0 Å². The van der Waals surface area contributed by atoms with Gasteiger partial charge in [-0.25, -0.2) is 0 Å². The van der Waals surface area contributed by atoms with E-state index in [1.807, 2.05) is 6.20 Å². The van der Waals surface area contributed by atoms with Gasteiger partial charge < -0.3 is 0 Å². The van der Waals surface area contributed by atoms with Gasteiger partial charge in [-0.05, 0) is 60.9 Å². The summed E-state index contributed by atoms with van der Waals surface area (Å²) < 4.78 is 0. The number of aryl methyl sites for hydroxylation is 1. The van der Waals surface area contributed by atoms with Crippen LogP contribution in [-0.2, 0) is 21.0 Å². The summed E-state index contributed by atoms with van der Waals surface area (Å²) in [5.41, 5.74) is 8.78. The third-order valence-electron chi connectivity index (χ3n) is 7.76. The molecule has 1 heterocycles. The van der Waals surface area contributed by atoms with Gasteiger partial charge in [0.1, 0.15) is 0 Å². The average Bonchev–Trinajstić information content (AvgIpc) is 3.54. The first kappa shape index (κ1) is 20.4. The molecular formula is C29H33NO. The summed E-state index contributed by atoms with van der Waals surface area (Å²) in [4.78, 5) is 17.2. The first-order valence-corrected chi connectivity index (χ1v) is 11.7. The molecule has 1 fully saturated rings. The standard InChI is InChI=1S/C29H33NO/c1-19-16-23-24(28(4,5)13-12-27(23,2)3)17-22(19)29(14-15-29)26-11-10-20(18-30-26)21-8-6-7-9-25(21)31/h8,10-13,16-18H,6-7,9,14-15H2,1-5H3. The lowest BCUT2D eigenvalue weighted by Gasteiger charge is -2.38. The minimum absolute atomic E-state index is 0.0178. The maximum atomic E-state index is 12.3. The Labute approximate surface area is 186 Å². The molecule has 1 aromatic carbocycles. The molecule has 3 aliphatic carbocycles. The summed E-state index contributed by atoms with van der Waals surface area (Å²) in [7, 11) is 0. The van der Waals surface area contributed by atoms with Crippen LogP contribution in [0.5, 0.6) is 0 Å². The molecule has 31 heavy (non-hydrogen) atoms. The third-order valence-corrected chi connectivity index (χ3v) is 7.76. The van der Waals surface area contributed by atoms with Gasteiger partial charge in [-0.3, -0.25) is 9.78 Å². The van der Waals surface area contributed by atoms with E-state index in [0.29, 0.717) is 6.42 Å². The molecule has 0 aliphatic heterocycles. The number of aromatic nitrogens is 1. The molecule has 0 amide bonds. The van der Waals surface area contributed by atoms with E-state index in [4.69, 9.17) is 4.98 Å². The predicted molar refractivity (Wildman–Crippen MR) is 127 cm³/mol. The second-order valence-electron chi connectivity index (χ2n) is 10.9. The minimum Gasteiger partial charge on any atom is -0.294 e. The second-order valence-corrected chi connectivity index (χ2v) is 10.9. The average molecular weight is 412 g/mol. The van der Waals surface area contributed by atoms with E-state index in [0.717, 1.165) is 42.5 Å². The highest BCUT2D eigenvalue weighted by Gasteiger charge is 2.49. The van der Waals surface area contributed by atoms with Gasteiger partial charge in [0.05, 0.1) is 5.69 Å². The van der Waals surface area contributed by atoms with Crippen LogP contribution < -0.4 is 0 Å². The number of rotatable bonds is 3. The molecule has 1 saturated carbocycles. The van der Waals surface area contributed by atoms with Crippen molar-refractivity contribution in [3.63, 3.8) is 0 Å². The van der Waals surface area contributed by atoms with Gasteiger partial charge in [0, 0.05) is 40.0 Å². The summed E-state index contributed by atoms with van der Waals surface area (Å²) in [5, 5.41) is 0. The molecule has 2 heteroatoms. The fourth-order valence-electron chi connectivity index (χ4n) is 5.55. The van der Waals surface area contributed by atoms with Crippen molar-refractivity contribution in [2.75, 3.05) is 0 Å². The zero-order valence-corrected chi connectivity index (χ0v) is 19.5. The monoisotopic (exact) mass is 411 g/mol. The van der Waals surface area contributed by atoms with Gasteiger partial charge in [-0.1, -0.05) is 64.1 Å². The van der Waals surface area contributed by atoms with Gasteiger partial charge in [0.15, 0.2) is 5.78 Å². The fraction of sp³-hybridized carbons (Fsp3) is 0.448. The highest BCUT2D eigenvalue weighted by molar-refractivity contribution is 6.21. The molecule has 0 atom stereocenters. The predicted octanol–water partition coefficient (Wildman–Crippen LogP) is 6.73. The van der Waals surface area contributed by atoms with Gasteiger partial charge >= 0.3 is 0 Å². The zero-order chi connectivity index (χ0) is 22.0. The quantitative estimate of drug-likeness (QED) is 0.524. The number of nitrogens with zero attached hydrogens (tertiary/aromatic N) is 1. The summed E-state index contributed by atoms with van der Waals surface area (Å²) in [6.07, 6.45) is 13.6. The topological polar surface area (TPSA) is 30.0 Å². The van der Waals surface area contributed by atoms with Crippen molar-refractivity contribution in [2.45, 2.75) is 83.0 Å². The van der Waals surface area contributed by atoms with Crippen molar-refractivity contribution in [3.05, 3.63) is 82.2 Å². The highest BCUT2D eigenvalue weighted by Crippen LogP contribution is 2.55. The molecule has 0 spiro atoms. The highest BCUT2D eigenvalue weighted by atomic mass is 16.1. The first-order valence-electron chi connectivity index (χ1n) is 11.7. The Kier molecular flexibility index (Phi) is 4.45. The molecule has 160 valence electrons. The molecule has 5 rings (SSSR count). The smallest absolute Gasteiger partial charge is 0.163 e. The van der Waals surface area contributed by atoms with E-state index < -0.39 is 0 Å². The zero-order valence-electron chi connectivity index (χ0n) is 19.5. The minimum atomic E-state index is 0.0178. The van der Waals surface area contributed by atoms with Crippen LogP contribution in [0.1, 0.15) is 93.3 Å². The largest absolute Gasteiger partial charge is 0.294 e. The Bertz CT molecular complexity index is 1120. The van der Waals surface area contributed by atoms with E-state index in [9.17, 15) is 4.79 Å². The first-order chi connectivity index (χ1) is 14.6. The van der Waals surface area contributed by atoms with Crippen molar-refractivity contribution >= 4 is 11.4 Å². The maximum absolute atomic E-state index is 12.3. The molecule has 0 unspecified atom stereocenters. The molecular weight excluding hydrogens is 378 g/mol. The van der Waals surface area contributed by atoms with Gasteiger partial charge in [0.25, 0.3) is 0 Å². The Morgan fingerprint density at radius 1 is 0.903 bits per heavy atom. The lowest BCUT2D eigenvalue weighted by Crippen LogP contribution is -2.30. The normalized spacial score (nSPS) is 22.6. The third kappa shape index (κ3) is 3.23. The number of Topliss-reactive ketones (excluding diaryl/α,β-unsaturated/α-hetero) is 1. The second kappa shape index (κ2) is 6.76. The summed E-state index contributed by atoms with van der Waals surface area (Å²) in [6.45, 7) is 11.5. The number of fused-ring (bicyclic) bond motifs is 1. The molecule has 0 N–H and O–H groups in total. The van der Waals surface area contributed by atoms with E-state index in [-0.39, 0.29) is 22.0 Å². The van der Waals surface area contributed by atoms with Crippen LogP contribution in [0.15, 0.2) is 48.7 Å². The van der Waals surface area contributed by atoms with Crippen molar-refractivity contribution in [1.29, 1.82) is 0 Å². The lowest BCUT2D eigenvalue weighted by atomic mass is 9.66. The van der Waals surface area contributed by atoms with Gasteiger partial charge in [-0.15, -0.1) is 0 Å². The summed E-state index contributed by atoms with van der Waals surface area (Å²) >= 11 is 0. The Morgan fingerprint density at radius 2 is 1.58 bits per heavy atom. The number of hydrogen-bond acceptors (Lipinski definition) is 2. The van der Waals surface area contributed by atoms with Crippen LogP contribution in [0.4, 0.5) is 0 Å². The SMILES string of the molecule is Cc1cc2c(cc1C1(c3ccc(C4=CCCCC4=O)cn3)CC1)C(C)(C)C=CC2(C)C. The van der Waals surface area contributed by atoms with E-state index in [1.54, 1.807) is 0 Å². The van der Waals surface area contributed by atoms with Crippen LogP contribution in [0, 0.1) is 6.92 Å². The van der Waals surface area contributed by atoms with Crippen molar-refractivity contribution in [2.24, 2.45) is 0 Å². The van der Waals surface area contributed by atoms with Crippen molar-refractivity contribution < 1.29 is 4.79 Å². The number of carbonyl (C=O) groups excluding carboxylic acids is 1. The van der Waals surface area contributed by atoms with Crippen LogP contribution >= 0.6 is 0 Å². The fourth-order valence-corrected chi connectivity index (χ4v) is 5.55. The van der Waals surface area contributed by atoms with Crippen LogP contribution in [0.2, 0.25) is 0 Å². The lowest BCUT2D eigenvalue weighted by molar-refractivity contribution is -0.114. The Hall–Kier alpha value is -2.48. The molecule has 2 nitrogen and oxygen atoms in total. The molecule has 1 aromatic heterocycles.